The second kappa shape index (κ2) is 9.81. The van der Waals surface area contributed by atoms with Gasteiger partial charge in [0, 0.05) is 31.3 Å². The van der Waals surface area contributed by atoms with Crippen LogP contribution in [0.2, 0.25) is 10.0 Å². The van der Waals surface area contributed by atoms with Gasteiger partial charge in [-0.05, 0) is 38.4 Å². The fourth-order valence-electron chi connectivity index (χ4n) is 4.11. The maximum Gasteiger partial charge on any atom is 0.293 e. The molecule has 0 aliphatic rings. The molecule has 3 aromatic heterocycles. The molecule has 4 aromatic rings. The predicted octanol–water partition coefficient (Wildman–Crippen LogP) is 2.61. The molecule has 188 valence electrons. The summed E-state index contributed by atoms with van der Waals surface area (Å²) >= 11 is 12.7. The van der Waals surface area contributed by atoms with Crippen LogP contribution in [0.25, 0.3) is 33.5 Å². The molecule has 0 unspecified atom stereocenters. The summed E-state index contributed by atoms with van der Waals surface area (Å²) < 4.78 is 2.71. The van der Waals surface area contributed by atoms with Gasteiger partial charge in [-0.2, -0.15) is 0 Å². The van der Waals surface area contributed by atoms with E-state index in [1.165, 1.54) is 13.2 Å². The second-order valence-corrected chi connectivity index (χ2v) is 9.30. The summed E-state index contributed by atoms with van der Waals surface area (Å²) in [4.78, 5) is 42.2. The highest BCUT2D eigenvalue weighted by molar-refractivity contribution is 6.39. The van der Waals surface area contributed by atoms with Gasteiger partial charge in [-0.15, -0.1) is 4.73 Å². The first-order chi connectivity index (χ1) is 17.0. The maximum absolute atomic E-state index is 13.4. The third-order valence-corrected chi connectivity index (χ3v) is 6.52. The molecule has 3 heterocycles. The SMILES string of the molecule is COn1c(=O)c(-c2c(Cl)cccc2Cl)cc2c(N)nc(-c3cc(CCN(C)C)n(C)c3C(N)=O)nc21. The molecule has 0 spiro atoms. The van der Waals surface area contributed by atoms with E-state index >= 15 is 0 Å². The summed E-state index contributed by atoms with van der Waals surface area (Å²) in [6.45, 7) is 0.757. The first-order valence-corrected chi connectivity index (χ1v) is 11.7. The van der Waals surface area contributed by atoms with E-state index < -0.39 is 11.5 Å². The summed E-state index contributed by atoms with van der Waals surface area (Å²) in [6, 6.07) is 8.26. The Balaban J connectivity index is 1.98. The van der Waals surface area contributed by atoms with Gasteiger partial charge in [-0.3, -0.25) is 9.59 Å². The lowest BCUT2D eigenvalue weighted by Crippen LogP contribution is -2.28. The number of halogens is 2. The number of likely N-dealkylation sites (N-methyl/N-ethyl adjacent to an activating group) is 1. The van der Waals surface area contributed by atoms with Crippen molar-refractivity contribution in [2.75, 3.05) is 33.5 Å². The molecule has 10 nitrogen and oxygen atoms in total. The highest BCUT2D eigenvalue weighted by Gasteiger charge is 2.24. The minimum atomic E-state index is -0.640. The van der Waals surface area contributed by atoms with Crippen LogP contribution in [0.1, 0.15) is 16.2 Å². The molecule has 4 N–H and O–H groups in total. The topological polar surface area (TPSA) is 134 Å². The van der Waals surface area contributed by atoms with Crippen LogP contribution in [0.4, 0.5) is 5.82 Å². The summed E-state index contributed by atoms with van der Waals surface area (Å²) in [5.41, 5.74) is 13.6. The molecule has 0 aliphatic heterocycles. The Labute approximate surface area is 217 Å². The van der Waals surface area contributed by atoms with Crippen molar-refractivity contribution in [1.82, 2.24) is 24.2 Å². The number of nitrogens with two attached hydrogens (primary N) is 2. The minimum absolute atomic E-state index is 0.0688. The van der Waals surface area contributed by atoms with Gasteiger partial charge in [0.1, 0.15) is 18.6 Å². The molecule has 0 saturated heterocycles. The van der Waals surface area contributed by atoms with Crippen LogP contribution in [-0.4, -0.2) is 57.8 Å². The standard InChI is InChI=1S/C24H25Cl2N7O3/c1-31(2)9-8-12-10-14(19(21(28)34)32(12)3)22-29-20(27)15-11-13(18-16(25)6-5-7-17(18)26)24(35)33(36-4)23(15)30-22/h5-7,10-11H,8-9H2,1-4H3,(H2,28,34)(H2,27,29,30). The zero-order valence-corrected chi connectivity index (χ0v) is 21.7. The van der Waals surface area contributed by atoms with Crippen LogP contribution < -0.4 is 21.9 Å². The first kappa shape index (κ1) is 25.5. The number of nitrogen functional groups attached to an aromatic ring is 1. The number of amides is 1. The number of hydrogen-bond donors (Lipinski definition) is 2. The third-order valence-electron chi connectivity index (χ3n) is 5.89. The summed E-state index contributed by atoms with van der Waals surface area (Å²) in [5, 5.41) is 0.923. The van der Waals surface area contributed by atoms with Crippen LogP contribution in [0.5, 0.6) is 0 Å². The van der Waals surface area contributed by atoms with E-state index in [2.05, 4.69) is 9.97 Å². The minimum Gasteiger partial charge on any atom is -0.412 e. The lowest BCUT2D eigenvalue weighted by molar-refractivity contribution is 0.0993. The first-order valence-electron chi connectivity index (χ1n) is 10.9. The molecule has 0 saturated carbocycles. The number of carbonyl (C=O) groups excluding carboxylic acids is 1. The molecule has 36 heavy (non-hydrogen) atoms. The van der Waals surface area contributed by atoms with Gasteiger partial charge >= 0.3 is 0 Å². The number of benzene rings is 1. The molecule has 0 bridgehead atoms. The zero-order chi connectivity index (χ0) is 26.3. The van der Waals surface area contributed by atoms with Gasteiger partial charge in [-0.25, -0.2) is 9.97 Å². The molecule has 0 fully saturated rings. The van der Waals surface area contributed by atoms with Crippen molar-refractivity contribution in [2.24, 2.45) is 12.8 Å². The summed E-state index contributed by atoms with van der Waals surface area (Å²) in [5.74, 6) is -0.438. The van der Waals surface area contributed by atoms with Gasteiger partial charge in [0.15, 0.2) is 11.5 Å². The van der Waals surface area contributed by atoms with Crippen LogP contribution >= 0.6 is 23.2 Å². The summed E-state index contributed by atoms with van der Waals surface area (Å²) in [6.07, 6.45) is 0.664. The fourth-order valence-corrected chi connectivity index (χ4v) is 4.71. The van der Waals surface area contributed by atoms with Crippen molar-refractivity contribution in [3.05, 3.63) is 62.1 Å². The van der Waals surface area contributed by atoms with E-state index in [-0.39, 0.29) is 28.5 Å². The largest absolute Gasteiger partial charge is 0.412 e. The van der Waals surface area contributed by atoms with E-state index in [4.69, 9.17) is 39.5 Å². The zero-order valence-electron chi connectivity index (χ0n) is 20.2. The molecule has 12 heteroatoms. The number of fused-ring (bicyclic) bond motifs is 1. The maximum atomic E-state index is 13.4. The number of primary amides is 1. The smallest absolute Gasteiger partial charge is 0.293 e. The fraction of sp³-hybridized carbons (Fsp3) is 0.250. The van der Waals surface area contributed by atoms with Crippen LogP contribution in [0.3, 0.4) is 0 Å². The number of nitrogens with zero attached hydrogens (tertiary/aromatic N) is 5. The van der Waals surface area contributed by atoms with Crippen molar-refractivity contribution in [1.29, 1.82) is 0 Å². The second-order valence-electron chi connectivity index (χ2n) is 8.48. The average Bonchev–Trinajstić information content (AvgIpc) is 3.14. The average molecular weight is 530 g/mol. The van der Waals surface area contributed by atoms with Crippen molar-refractivity contribution in [3.8, 4) is 22.5 Å². The molecule has 4 rings (SSSR count). The highest BCUT2D eigenvalue weighted by Crippen LogP contribution is 2.35. The number of pyridine rings is 1. The van der Waals surface area contributed by atoms with E-state index in [1.807, 2.05) is 19.0 Å². The van der Waals surface area contributed by atoms with Gasteiger partial charge in [-0.1, -0.05) is 29.3 Å². The third kappa shape index (κ3) is 4.39. The number of rotatable bonds is 7. The predicted molar refractivity (Wildman–Crippen MR) is 141 cm³/mol. The quantitative estimate of drug-likeness (QED) is 0.375. The molecule has 0 aliphatic carbocycles. The van der Waals surface area contributed by atoms with Crippen molar-refractivity contribution < 1.29 is 9.63 Å². The number of aromatic nitrogens is 4. The van der Waals surface area contributed by atoms with E-state index in [0.717, 1.165) is 17.0 Å². The normalized spacial score (nSPS) is 11.4. The Hall–Kier alpha value is -3.60. The molecular formula is C24H25Cl2N7O3. The Morgan fingerprint density at radius 1 is 1.14 bits per heavy atom. The molecular weight excluding hydrogens is 505 g/mol. The van der Waals surface area contributed by atoms with Crippen LogP contribution in [0, 0.1) is 0 Å². The van der Waals surface area contributed by atoms with Crippen LogP contribution in [0.15, 0.2) is 35.1 Å². The van der Waals surface area contributed by atoms with Crippen molar-refractivity contribution >= 4 is 46.0 Å². The van der Waals surface area contributed by atoms with E-state index in [0.29, 0.717) is 33.0 Å². The van der Waals surface area contributed by atoms with Crippen molar-refractivity contribution in [2.45, 2.75) is 6.42 Å². The monoisotopic (exact) mass is 529 g/mol. The highest BCUT2D eigenvalue weighted by atomic mass is 35.5. The Morgan fingerprint density at radius 3 is 2.39 bits per heavy atom. The molecule has 0 atom stereocenters. The van der Waals surface area contributed by atoms with E-state index in [1.54, 1.807) is 35.9 Å². The Morgan fingerprint density at radius 2 is 1.81 bits per heavy atom. The van der Waals surface area contributed by atoms with E-state index in [9.17, 15) is 9.59 Å². The van der Waals surface area contributed by atoms with Gasteiger partial charge in [0.2, 0.25) is 0 Å². The molecule has 1 amide bonds. The molecule has 1 aromatic carbocycles. The molecule has 0 radical (unpaired) electrons. The van der Waals surface area contributed by atoms with Gasteiger partial charge in [0.25, 0.3) is 11.5 Å². The lowest BCUT2D eigenvalue weighted by atomic mass is 10.1. The Kier molecular flexibility index (Phi) is 6.94. The number of hydrogen-bond acceptors (Lipinski definition) is 7. The van der Waals surface area contributed by atoms with Gasteiger partial charge in [0.05, 0.1) is 26.6 Å². The lowest BCUT2D eigenvalue weighted by Gasteiger charge is -2.14. The van der Waals surface area contributed by atoms with Crippen LogP contribution in [-0.2, 0) is 13.5 Å². The van der Waals surface area contributed by atoms with Gasteiger partial charge < -0.3 is 25.8 Å². The Bertz CT molecular complexity index is 1540. The number of anilines is 1. The summed E-state index contributed by atoms with van der Waals surface area (Å²) in [7, 11) is 7.00. The number of carbonyl (C=O) groups is 1. The van der Waals surface area contributed by atoms with Crippen molar-refractivity contribution in [3.63, 3.8) is 0 Å².